The minimum absolute atomic E-state index is 0.496. The van der Waals surface area contributed by atoms with Gasteiger partial charge in [-0.05, 0) is 39.8 Å². The van der Waals surface area contributed by atoms with Crippen molar-refractivity contribution in [3.05, 3.63) is 0 Å². The number of nitrogens with zero attached hydrogens (tertiary/aromatic N) is 1. The third-order valence-electron chi connectivity index (χ3n) is 3.00. The molecule has 0 aromatic carbocycles. The Kier molecular flexibility index (Phi) is 2.93. The molecule has 4 heteroatoms. The normalized spacial score (nSPS) is 34.9. The van der Waals surface area contributed by atoms with Gasteiger partial charge in [0.05, 0.1) is 0 Å². The smallest absolute Gasteiger partial charge is 0.323 e. The number of carboxylic acid groups (broad SMARTS) is 1. The van der Waals surface area contributed by atoms with Crippen molar-refractivity contribution in [1.82, 2.24) is 4.90 Å². The number of nitrogens with two attached hydrogens (primary N) is 1. The lowest BCUT2D eigenvalue weighted by Gasteiger charge is -2.36. The van der Waals surface area contributed by atoms with Crippen molar-refractivity contribution in [3.8, 4) is 0 Å². The molecule has 1 rings (SSSR count). The maximum atomic E-state index is 10.8. The van der Waals surface area contributed by atoms with Crippen LogP contribution in [0, 0.1) is 0 Å². The maximum absolute atomic E-state index is 10.8. The molecule has 0 aromatic rings. The van der Waals surface area contributed by atoms with Crippen molar-refractivity contribution in [2.75, 3.05) is 14.1 Å². The number of aliphatic carboxylic acids is 1. The van der Waals surface area contributed by atoms with Crippen LogP contribution in [0.3, 0.4) is 0 Å². The quantitative estimate of drug-likeness (QED) is 0.649. The molecule has 0 spiro atoms. The summed E-state index contributed by atoms with van der Waals surface area (Å²) >= 11 is 0. The first kappa shape index (κ1) is 10.5. The second-order valence-corrected chi connectivity index (χ2v) is 4.16. The SMILES string of the molecule is CN(C)C1CCC(N)(C(=O)O)CC1. The fourth-order valence-corrected chi connectivity index (χ4v) is 1.85. The van der Waals surface area contributed by atoms with Gasteiger partial charge >= 0.3 is 5.97 Å². The Morgan fingerprint density at radius 1 is 1.46 bits per heavy atom. The summed E-state index contributed by atoms with van der Waals surface area (Å²) in [6, 6.07) is 0.496. The van der Waals surface area contributed by atoms with Crippen molar-refractivity contribution in [3.63, 3.8) is 0 Å². The first-order valence-electron chi connectivity index (χ1n) is 4.64. The highest BCUT2D eigenvalue weighted by molar-refractivity contribution is 5.78. The second kappa shape index (κ2) is 3.64. The average molecular weight is 186 g/mol. The molecule has 0 unspecified atom stereocenters. The molecule has 0 saturated heterocycles. The van der Waals surface area contributed by atoms with Gasteiger partial charge in [-0.2, -0.15) is 0 Å². The van der Waals surface area contributed by atoms with E-state index in [0.717, 1.165) is 12.8 Å². The summed E-state index contributed by atoms with van der Waals surface area (Å²) in [5.41, 5.74) is 4.78. The molecular formula is C9H18N2O2. The van der Waals surface area contributed by atoms with Gasteiger partial charge in [0.25, 0.3) is 0 Å². The van der Waals surface area contributed by atoms with E-state index in [-0.39, 0.29) is 0 Å². The molecule has 1 fully saturated rings. The summed E-state index contributed by atoms with van der Waals surface area (Å²) in [7, 11) is 4.05. The molecule has 0 aliphatic heterocycles. The van der Waals surface area contributed by atoms with Gasteiger partial charge < -0.3 is 15.7 Å². The van der Waals surface area contributed by atoms with E-state index in [4.69, 9.17) is 10.8 Å². The Morgan fingerprint density at radius 3 is 2.23 bits per heavy atom. The van der Waals surface area contributed by atoms with E-state index in [2.05, 4.69) is 4.90 Å². The Bertz CT molecular complexity index is 196. The second-order valence-electron chi connectivity index (χ2n) is 4.16. The number of rotatable bonds is 2. The van der Waals surface area contributed by atoms with Gasteiger partial charge in [-0.15, -0.1) is 0 Å². The monoisotopic (exact) mass is 186 g/mol. The number of carboxylic acids is 1. The molecular weight excluding hydrogens is 168 g/mol. The van der Waals surface area contributed by atoms with Crippen LogP contribution in [0.4, 0.5) is 0 Å². The van der Waals surface area contributed by atoms with Crippen molar-refractivity contribution in [2.24, 2.45) is 5.73 Å². The summed E-state index contributed by atoms with van der Waals surface area (Å²) in [6.07, 6.45) is 2.95. The van der Waals surface area contributed by atoms with E-state index in [9.17, 15) is 4.79 Å². The predicted octanol–water partition coefficient (Wildman–Crippen LogP) is 0.273. The number of hydrogen-bond acceptors (Lipinski definition) is 3. The summed E-state index contributed by atoms with van der Waals surface area (Å²) in [5, 5.41) is 8.88. The van der Waals surface area contributed by atoms with E-state index < -0.39 is 11.5 Å². The maximum Gasteiger partial charge on any atom is 0.323 e. The molecule has 4 nitrogen and oxygen atoms in total. The van der Waals surface area contributed by atoms with Crippen LogP contribution < -0.4 is 5.73 Å². The molecule has 13 heavy (non-hydrogen) atoms. The van der Waals surface area contributed by atoms with Gasteiger partial charge in [-0.3, -0.25) is 4.79 Å². The van der Waals surface area contributed by atoms with Gasteiger partial charge in [0, 0.05) is 6.04 Å². The van der Waals surface area contributed by atoms with Crippen molar-refractivity contribution < 1.29 is 9.90 Å². The van der Waals surface area contributed by atoms with Crippen LogP contribution in [0.2, 0.25) is 0 Å². The molecule has 0 bridgehead atoms. The predicted molar refractivity (Wildman–Crippen MR) is 50.5 cm³/mol. The van der Waals surface area contributed by atoms with E-state index >= 15 is 0 Å². The highest BCUT2D eigenvalue weighted by Crippen LogP contribution is 2.28. The molecule has 0 amide bonds. The first-order chi connectivity index (χ1) is 5.96. The van der Waals surface area contributed by atoms with Crippen molar-refractivity contribution in [1.29, 1.82) is 0 Å². The third kappa shape index (κ3) is 2.19. The van der Waals surface area contributed by atoms with Crippen LogP contribution in [0.1, 0.15) is 25.7 Å². The minimum atomic E-state index is -0.966. The Hall–Kier alpha value is -0.610. The topological polar surface area (TPSA) is 66.6 Å². The lowest BCUT2D eigenvalue weighted by Crippen LogP contribution is -2.52. The molecule has 1 aliphatic carbocycles. The fraction of sp³-hybridized carbons (Fsp3) is 0.889. The largest absolute Gasteiger partial charge is 0.480 e. The third-order valence-corrected chi connectivity index (χ3v) is 3.00. The van der Waals surface area contributed by atoms with Crippen molar-refractivity contribution >= 4 is 5.97 Å². The first-order valence-corrected chi connectivity index (χ1v) is 4.64. The van der Waals surface area contributed by atoms with Crippen LogP contribution >= 0.6 is 0 Å². The van der Waals surface area contributed by atoms with Crippen LogP contribution in [0.25, 0.3) is 0 Å². The van der Waals surface area contributed by atoms with Crippen LogP contribution in [-0.2, 0) is 4.79 Å². The summed E-state index contributed by atoms with van der Waals surface area (Å²) in [5.74, 6) is -0.857. The van der Waals surface area contributed by atoms with E-state index in [1.807, 2.05) is 14.1 Å². The Balaban J connectivity index is 2.51. The molecule has 3 N–H and O–H groups in total. The molecule has 0 heterocycles. The van der Waals surface area contributed by atoms with E-state index in [0.29, 0.717) is 18.9 Å². The van der Waals surface area contributed by atoms with Gasteiger partial charge in [0.2, 0.25) is 0 Å². The van der Waals surface area contributed by atoms with Gasteiger partial charge in [-0.1, -0.05) is 0 Å². The minimum Gasteiger partial charge on any atom is -0.480 e. The molecule has 0 atom stereocenters. The zero-order chi connectivity index (χ0) is 10.1. The summed E-state index contributed by atoms with van der Waals surface area (Å²) in [6.45, 7) is 0. The molecule has 1 saturated carbocycles. The zero-order valence-electron chi connectivity index (χ0n) is 8.29. The molecule has 76 valence electrons. The number of carbonyl (C=O) groups is 1. The standard InChI is InChI=1S/C9H18N2O2/c1-11(2)7-3-5-9(10,6-4-7)8(12)13/h7H,3-6,10H2,1-2H3,(H,12,13). The van der Waals surface area contributed by atoms with E-state index in [1.54, 1.807) is 0 Å². The summed E-state index contributed by atoms with van der Waals surface area (Å²) in [4.78, 5) is 13.0. The Labute approximate surface area is 78.7 Å². The lowest BCUT2D eigenvalue weighted by molar-refractivity contribution is -0.145. The molecule has 0 aromatic heterocycles. The Morgan fingerprint density at radius 2 is 1.92 bits per heavy atom. The molecule has 1 aliphatic rings. The fourth-order valence-electron chi connectivity index (χ4n) is 1.85. The van der Waals surface area contributed by atoms with Crippen LogP contribution in [-0.4, -0.2) is 41.7 Å². The van der Waals surface area contributed by atoms with Crippen LogP contribution in [0.15, 0.2) is 0 Å². The highest BCUT2D eigenvalue weighted by Gasteiger charge is 2.38. The lowest BCUT2D eigenvalue weighted by atomic mass is 9.80. The summed E-state index contributed by atoms with van der Waals surface area (Å²) < 4.78 is 0. The number of hydrogen-bond donors (Lipinski definition) is 2. The van der Waals surface area contributed by atoms with Crippen LogP contribution in [0.5, 0.6) is 0 Å². The average Bonchev–Trinajstić information content (AvgIpc) is 2.04. The van der Waals surface area contributed by atoms with Crippen molar-refractivity contribution in [2.45, 2.75) is 37.3 Å². The highest BCUT2D eigenvalue weighted by atomic mass is 16.4. The van der Waals surface area contributed by atoms with Gasteiger partial charge in [-0.25, -0.2) is 0 Å². The van der Waals surface area contributed by atoms with Gasteiger partial charge in [0.15, 0.2) is 0 Å². The van der Waals surface area contributed by atoms with E-state index in [1.165, 1.54) is 0 Å². The molecule has 0 radical (unpaired) electrons. The zero-order valence-corrected chi connectivity index (χ0v) is 8.29. The van der Waals surface area contributed by atoms with Gasteiger partial charge in [0.1, 0.15) is 5.54 Å².